The Morgan fingerprint density at radius 2 is 1.79 bits per heavy atom. The monoisotopic (exact) mass is 386 g/mol. The third-order valence-corrected chi connectivity index (χ3v) is 5.61. The second-order valence-corrected chi connectivity index (χ2v) is 7.45. The van der Waals surface area contributed by atoms with Gasteiger partial charge in [-0.3, -0.25) is 9.59 Å². The Morgan fingerprint density at radius 1 is 1.11 bits per heavy atom. The first kappa shape index (κ1) is 20.2. The maximum atomic E-state index is 12.5. The van der Waals surface area contributed by atoms with Crippen LogP contribution in [-0.2, 0) is 16.0 Å². The van der Waals surface area contributed by atoms with Gasteiger partial charge in [0.1, 0.15) is 0 Å². The number of carbonyl (C=O) groups excluding carboxylic acids is 2. The molecular formula is C22H30N2O4. The van der Waals surface area contributed by atoms with Gasteiger partial charge in [-0.25, -0.2) is 0 Å². The number of rotatable bonds is 7. The van der Waals surface area contributed by atoms with E-state index in [-0.39, 0.29) is 24.3 Å². The maximum Gasteiger partial charge on any atom is 0.260 e. The fourth-order valence-electron chi connectivity index (χ4n) is 3.96. The predicted molar refractivity (Wildman–Crippen MR) is 108 cm³/mol. The van der Waals surface area contributed by atoms with Crippen molar-refractivity contribution in [2.24, 2.45) is 5.92 Å². The lowest BCUT2D eigenvalue weighted by Crippen LogP contribution is -2.52. The number of nitrogens with zero attached hydrogens (tertiary/aromatic N) is 2. The van der Waals surface area contributed by atoms with Gasteiger partial charge in [-0.1, -0.05) is 25.0 Å². The molecule has 6 heteroatoms. The Labute approximate surface area is 167 Å². The minimum atomic E-state index is -0.0646. The summed E-state index contributed by atoms with van der Waals surface area (Å²) < 4.78 is 11.1. The lowest BCUT2D eigenvalue weighted by atomic mass is 10.1. The van der Waals surface area contributed by atoms with Crippen LogP contribution in [0, 0.1) is 5.92 Å². The van der Waals surface area contributed by atoms with Crippen molar-refractivity contribution in [3.63, 3.8) is 0 Å². The third kappa shape index (κ3) is 4.86. The average Bonchev–Trinajstić information content (AvgIpc) is 3.27. The first-order valence-corrected chi connectivity index (χ1v) is 10.1. The van der Waals surface area contributed by atoms with Gasteiger partial charge in [0.25, 0.3) is 5.91 Å². The first-order valence-electron chi connectivity index (χ1n) is 10.1. The molecule has 0 bridgehead atoms. The van der Waals surface area contributed by atoms with E-state index in [0.29, 0.717) is 37.7 Å². The predicted octanol–water partition coefficient (Wildman–Crippen LogP) is 2.66. The molecule has 152 valence electrons. The topological polar surface area (TPSA) is 59.1 Å². The molecule has 1 aromatic rings. The molecule has 6 nitrogen and oxygen atoms in total. The number of carbonyl (C=O) groups is 2. The maximum absolute atomic E-state index is 12.5. The van der Waals surface area contributed by atoms with E-state index in [2.05, 4.69) is 6.58 Å². The van der Waals surface area contributed by atoms with Crippen LogP contribution < -0.4 is 9.47 Å². The van der Waals surface area contributed by atoms with Gasteiger partial charge < -0.3 is 19.3 Å². The summed E-state index contributed by atoms with van der Waals surface area (Å²) in [6.07, 6.45) is 6.92. The fourth-order valence-corrected chi connectivity index (χ4v) is 3.96. The zero-order chi connectivity index (χ0) is 19.9. The molecule has 0 unspecified atom stereocenters. The molecule has 1 aliphatic carbocycles. The van der Waals surface area contributed by atoms with Gasteiger partial charge in [-0.15, -0.1) is 6.58 Å². The summed E-state index contributed by atoms with van der Waals surface area (Å²) in [6.45, 7) is 6.06. The summed E-state index contributed by atoms with van der Waals surface area (Å²) >= 11 is 0. The van der Waals surface area contributed by atoms with Crippen LogP contribution in [0.1, 0.15) is 31.2 Å². The van der Waals surface area contributed by atoms with E-state index >= 15 is 0 Å². The van der Waals surface area contributed by atoms with Gasteiger partial charge >= 0.3 is 0 Å². The highest BCUT2D eigenvalue weighted by molar-refractivity contribution is 5.80. The van der Waals surface area contributed by atoms with Crippen molar-refractivity contribution in [2.75, 3.05) is 39.9 Å². The molecule has 0 atom stereocenters. The van der Waals surface area contributed by atoms with Crippen LogP contribution in [0.5, 0.6) is 11.5 Å². The summed E-state index contributed by atoms with van der Waals surface area (Å²) in [5.41, 5.74) is 1.08. The third-order valence-electron chi connectivity index (χ3n) is 5.61. The van der Waals surface area contributed by atoms with E-state index in [9.17, 15) is 9.59 Å². The number of ether oxygens (including phenoxy) is 2. The molecule has 0 aromatic heterocycles. The van der Waals surface area contributed by atoms with Crippen molar-refractivity contribution in [2.45, 2.75) is 32.1 Å². The molecule has 2 fully saturated rings. The van der Waals surface area contributed by atoms with Gasteiger partial charge in [-0.2, -0.15) is 0 Å². The second kappa shape index (κ2) is 9.62. The molecule has 1 heterocycles. The minimum Gasteiger partial charge on any atom is -0.493 e. The normalized spacial score (nSPS) is 17.5. The largest absolute Gasteiger partial charge is 0.493 e. The number of hydrogen-bond donors (Lipinski definition) is 0. The summed E-state index contributed by atoms with van der Waals surface area (Å²) in [7, 11) is 1.59. The van der Waals surface area contributed by atoms with E-state index in [0.717, 1.165) is 37.7 Å². The van der Waals surface area contributed by atoms with Crippen molar-refractivity contribution in [1.29, 1.82) is 0 Å². The highest BCUT2D eigenvalue weighted by Crippen LogP contribution is 2.29. The SMILES string of the molecule is C=CCc1ccc(OCC(=O)N2CCN(C(=O)C3CCCC3)CC2)c(OC)c1. The van der Waals surface area contributed by atoms with Gasteiger partial charge in [-0.05, 0) is 37.0 Å². The number of methoxy groups -OCH3 is 1. The summed E-state index contributed by atoms with van der Waals surface area (Å²) in [4.78, 5) is 28.7. The zero-order valence-corrected chi connectivity index (χ0v) is 16.7. The Balaban J connectivity index is 1.48. The molecule has 3 rings (SSSR count). The Kier molecular flexibility index (Phi) is 6.95. The molecule has 1 saturated heterocycles. The van der Waals surface area contributed by atoms with Gasteiger partial charge in [0, 0.05) is 32.1 Å². The molecule has 0 radical (unpaired) electrons. The molecule has 28 heavy (non-hydrogen) atoms. The first-order chi connectivity index (χ1) is 13.6. The van der Waals surface area contributed by atoms with Crippen LogP contribution in [0.3, 0.4) is 0 Å². The van der Waals surface area contributed by atoms with E-state index in [1.165, 1.54) is 0 Å². The quantitative estimate of drug-likeness (QED) is 0.676. The number of allylic oxidation sites excluding steroid dienone is 1. The zero-order valence-electron chi connectivity index (χ0n) is 16.7. The lowest BCUT2D eigenvalue weighted by Gasteiger charge is -2.36. The highest BCUT2D eigenvalue weighted by atomic mass is 16.5. The summed E-state index contributed by atoms with van der Waals surface area (Å²) in [5, 5.41) is 0. The number of benzene rings is 1. The van der Waals surface area contributed by atoms with Gasteiger partial charge in [0.05, 0.1) is 7.11 Å². The van der Waals surface area contributed by atoms with Gasteiger partial charge in [0.15, 0.2) is 18.1 Å². The fraction of sp³-hybridized carbons (Fsp3) is 0.545. The van der Waals surface area contributed by atoms with Crippen LogP contribution in [0.2, 0.25) is 0 Å². The smallest absolute Gasteiger partial charge is 0.260 e. The van der Waals surface area contributed by atoms with Crippen LogP contribution in [0.25, 0.3) is 0 Å². The molecule has 1 aromatic carbocycles. The average molecular weight is 386 g/mol. The molecule has 0 N–H and O–H groups in total. The van der Waals surface area contributed by atoms with Crippen LogP contribution >= 0.6 is 0 Å². The van der Waals surface area contributed by atoms with Crippen molar-refractivity contribution in [1.82, 2.24) is 9.80 Å². The second-order valence-electron chi connectivity index (χ2n) is 7.45. The van der Waals surface area contributed by atoms with Crippen LogP contribution in [0.15, 0.2) is 30.9 Å². The van der Waals surface area contributed by atoms with Crippen molar-refractivity contribution >= 4 is 11.8 Å². The molecule has 1 saturated carbocycles. The van der Waals surface area contributed by atoms with Crippen LogP contribution in [0.4, 0.5) is 0 Å². The van der Waals surface area contributed by atoms with Crippen molar-refractivity contribution < 1.29 is 19.1 Å². The summed E-state index contributed by atoms with van der Waals surface area (Å²) in [5.74, 6) is 1.57. The minimum absolute atomic E-state index is 0.0340. The van der Waals surface area contributed by atoms with Gasteiger partial charge in [0.2, 0.25) is 5.91 Å². The van der Waals surface area contributed by atoms with Crippen LogP contribution in [-0.4, -0.2) is 61.5 Å². The Hall–Kier alpha value is -2.50. The lowest BCUT2D eigenvalue weighted by molar-refractivity contribution is -0.142. The van der Waals surface area contributed by atoms with E-state index in [4.69, 9.17) is 9.47 Å². The van der Waals surface area contributed by atoms with E-state index in [1.54, 1.807) is 12.0 Å². The van der Waals surface area contributed by atoms with E-state index < -0.39 is 0 Å². The Bertz CT molecular complexity index is 704. The standard InChI is InChI=1S/C22H30N2O4/c1-3-6-17-9-10-19(20(15-17)27-2)28-16-21(25)23-11-13-24(14-12-23)22(26)18-7-4-5-8-18/h3,9-10,15,18H,1,4-8,11-14,16H2,2H3. The van der Waals surface area contributed by atoms with E-state index in [1.807, 2.05) is 29.2 Å². The molecule has 0 spiro atoms. The number of amides is 2. The van der Waals surface area contributed by atoms with Crippen molar-refractivity contribution in [3.05, 3.63) is 36.4 Å². The number of piperazine rings is 1. The molecule has 2 amide bonds. The van der Waals surface area contributed by atoms with Crippen molar-refractivity contribution in [3.8, 4) is 11.5 Å². The molecule has 1 aliphatic heterocycles. The molecule has 2 aliphatic rings. The summed E-state index contributed by atoms with van der Waals surface area (Å²) in [6, 6.07) is 5.66. The molecular weight excluding hydrogens is 356 g/mol. The number of hydrogen-bond acceptors (Lipinski definition) is 4. The Morgan fingerprint density at radius 3 is 2.43 bits per heavy atom. The highest BCUT2D eigenvalue weighted by Gasteiger charge is 2.30.